The Morgan fingerprint density at radius 1 is 1.07 bits per heavy atom. The number of likely N-dealkylation sites (tertiary alicyclic amines) is 2. The number of hydrogen-bond acceptors (Lipinski definition) is 5. The zero-order chi connectivity index (χ0) is 20.9. The summed E-state index contributed by atoms with van der Waals surface area (Å²) in [5.41, 5.74) is 1.59. The normalized spacial score (nSPS) is 22.2. The van der Waals surface area contributed by atoms with Crippen LogP contribution in [0.3, 0.4) is 0 Å². The SMILES string of the molecule is O=C(N[C@@H]1CN(C(=O)CCN2CCCCC2)C[C@H]1O)c1occc1-c1ccccc1. The number of aliphatic hydroxyl groups excluding tert-OH is 1. The number of hydrogen-bond donors (Lipinski definition) is 2. The lowest BCUT2D eigenvalue weighted by Crippen LogP contribution is -2.43. The molecule has 30 heavy (non-hydrogen) atoms. The highest BCUT2D eigenvalue weighted by atomic mass is 16.3. The van der Waals surface area contributed by atoms with E-state index in [1.54, 1.807) is 11.0 Å². The number of β-amino-alcohol motifs (C(OH)–C–C–N with tert-alkyl or cyclic N) is 1. The van der Waals surface area contributed by atoms with E-state index in [2.05, 4.69) is 10.2 Å². The van der Waals surface area contributed by atoms with Crippen molar-refractivity contribution < 1.29 is 19.1 Å². The Balaban J connectivity index is 1.33. The van der Waals surface area contributed by atoms with Crippen LogP contribution in [0.5, 0.6) is 0 Å². The minimum absolute atomic E-state index is 0.0272. The van der Waals surface area contributed by atoms with Gasteiger partial charge in [0.25, 0.3) is 5.91 Å². The second-order valence-electron chi connectivity index (χ2n) is 8.13. The van der Waals surface area contributed by atoms with Crippen LogP contribution >= 0.6 is 0 Å². The van der Waals surface area contributed by atoms with Crippen molar-refractivity contribution in [2.24, 2.45) is 0 Å². The summed E-state index contributed by atoms with van der Waals surface area (Å²) in [4.78, 5) is 29.4. The van der Waals surface area contributed by atoms with Gasteiger partial charge in [-0.15, -0.1) is 0 Å². The topological polar surface area (TPSA) is 86.0 Å². The fourth-order valence-corrected chi connectivity index (χ4v) is 4.29. The molecule has 3 heterocycles. The molecular weight excluding hydrogens is 382 g/mol. The molecule has 2 aliphatic heterocycles. The van der Waals surface area contributed by atoms with E-state index in [9.17, 15) is 14.7 Å². The second-order valence-corrected chi connectivity index (χ2v) is 8.13. The van der Waals surface area contributed by atoms with Crippen LogP contribution in [0.25, 0.3) is 11.1 Å². The zero-order valence-electron chi connectivity index (χ0n) is 17.1. The number of nitrogens with one attached hydrogen (secondary N) is 1. The van der Waals surface area contributed by atoms with Gasteiger partial charge < -0.3 is 24.6 Å². The van der Waals surface area contributed by atoms with Gasteiger partial charge in [-0.25, -0.2) is 0 Å². The zero-order valence-corrected chi connectivity index (χ0v) is 17.1. The van der Waals surface area contributed by atoms with E-state index in [1.807, 2.05) is 30.3 Å². The van der Waals surface area contributed by atoms with Crippen LogP contribution in [-0.4, -0.2) is 71.6 Å². The third-order valence-corrected chi connectivity index (χ3v) is 6.01. The van der Waals surface area contributed by atoms with Gasteiger partial charge in [0, 0.05) is 31.6 Å². The summed E-state index contributed by atoms with van der Waals surface area (Å²) in [5.74, 6) is -0.145. The standard InChI is InChI=1S/C23H29N3O4/c27-20-16-26(21(28)9-13-25-11-5-2-6-12-25)15-19(20)24-23(29)22-18(10-14-30-22)17-7-3-1-4-8-17/h1,3-4,7-8,10,14,19-20,27H,2,5-6,9,11-13,15-16H2,(H,24,29)/t19-,20-/m1/s1. The number of nitrogens with zero attached hydrogens (tertiary/aromatic N) is 2. The summed E-state index contributed by atoms with van der Waals surface area (Å²) < 4.78 is 5.43. The summed E-state index contributed by atoms with van der Waals surface area (Å²) in [6, 6.07) is 10.8. The average molecular weight is 412 g/mol. The number of benzene rings is 1. The summed E-state index contributed by atoms with van der Waals surface area (Å²) in [6.45, 7) is 3.43. The molecule has 0 unspecified atom stereocenters. The third-order valence-electron chi connectivity index (χ3n) is 6.01. The maximum atomic E-state index is 12.8. The number of piperidine rings is 1. The predicted molar refractivity (Wildman–Crippen MR) is 113 cm³/mol. The van der Waals surface area contributed by atoms with Gasteiger partial charge >= 0.3 is 0 Å². The molecule has 2 fully saturated rings. The lowest BCUT2D eigenvalue weighted by molar-refractivity contribution is -0.130. The van der Waals surface area contributed by atoms with Gasteiger partial charge in [0.1, 0.15) is 0 Å². The molecule has 2 aromatic rings. The van der Waals surface area contributed by atoms with Crippen molar-refractivity contribution in [1.29, 1.82) is 0 Å². The molecule has 2 amide bonds. The van der Waals surface area contributed by atoms with Gasteiger partial charge in [-0.05, 0) is 37.6 Å². The van der Waals surface area contributed by atoms with Gasteiger partial charge in [0.15, 0.2) is 5.76 Å². The van der Waals surface area contributed by atoms with Gasteiger partial charge in [-0.1, -0.05) is 36.8 Å². The number of furan rings is 1. The Bertz CT molecular complexity index is 860. The Morgan fingerprint density at radius 2 is 1.83 bits per heavy atom. The smallest absolute Gasteiger partial charge is 0.288 e. The Labute approximate surface area is 176 Å². The number of rotatable bonds is 6. The van der Waals surface area contributed by atoms with E-state index in [-0.39, 0.29) is 24.1 Å². The van der Waals surface area contributed by atoms with Crippen LogP contribution < -0.4 is 5.32 Å². The molecule has 0 spiro atoms. The highest BCUT2D eigenvalue weighted by Gasteiger charge is 2.35. The van der Waals surface area contributed by atoms with Crippen LogP contribution in [0.2, 0.25) is 0 Å². The number of carbonyl (C=O) groups is 2. The van der Waals surface area contributed by atoms with E-state index >= 15 is 0 Å². The van der Waals surface area contributed by atoms with E-state index in [0.717, 1.165) is 25.2 Å². The van der Waals surface area contributed by atoms with Crippen LogP contribution in [0.4, 0.5) is 0 Å². The first-order valence-electron chi connectivity index (χ1n) is 10.7. The first-order chi connectivity index (χ1) is 14.6. The fraction of sp³-hybridized carbons (Fsp3) is 0.478. The van der Waals surface area contributed by atoms with Gasteiger partial charge in [-0.2, -0.15) is 0 Å². The third kappa shape index (κ3) is 4.74. The summed E-state index contributed by atoms with van der Waals surface area (Å²) in [7, 11) is 0. The van der Waals surface area contributed by atoms with E-state index < -0.39 is 12.1 Å². The van der Waals surface area contributed by atoms with Gasteiger partial charge in [-0.3, -0.25) is 9.59 Å². The van der Waals surface area contributed by atoms with Crippen molar-refractivity contribution >= 4 is 11.8 Å². The first-order valence-corrected chi connectivity index (χ1v) is 10.7. The maximum Gasteiger partial charge on any atom is 0.288 e. The lowest BCUT2D eigenvalue weighted by Gasteiger charge is -2.27. The van der Waals surface area contributed by atoms with Gasteiger partial charge in [0.05, 0.1) is 18.4 Å². The highest BCUT2D eigenvalue weighted by molar-refractivity contribution is 5.98. The first kappa shape index (κ1) is 20.6. The van der Waals surface area contributed by atoms with Crippen molar-refractivity contribution in [2.45, 2.75) is 37.8 Å². The highest BCUT2D eigenvalue weighted by Crippen LogP contribution is 2.25. The molecule has 2 aliphatic rings. The molecule has 0 radical (unpaired) electrons. The van der Waals surface area contributed by atoms with Crippen molar-refractivity contribution in [1.82, 2.24) is 15.1 Å². The minimum atomic E-state index is -0.789. The number of amides is 2. The molecule has 0 bridgehead atoms. The van der Waals surface area contributed by atoms with Crippen LogP contribution in [-0.2, 0) is 4.79 Å². The molecule has 2 N–H and O–H groups in total. The molecule has 7 heteroatoms. The molecule has 160 valence electrons. The van der Waals surface area contributed by atoms with Crippen molar-refractivity contribution in [3.05, 3.63) is 48.4 Å². The van der Waals surface area contributed by atoms with Crippen LogP contribution in [0.1, 0.15) is 36.2 Å². The predicted octanol–water partition coefficient (Wildman–Crippen LogP) is 2.12. The fourth-order valence-electron chi connectivity index (χ4n) is 4.29. The molecule has 1 aromatic heterocycles. The molecule has 4 rings (SSSR count). The Hall–Kier alpha value is -2.64. The van der Waals surface area contributed by atoms with Crippen molar-refractivity contribution in [2.75, 3.05) is 32.7 Å². The molecule has 1 aromatic carbocycles. The molecule has 0 aliphatic carbocycles. The lowest BCUT2D eigenvalue weighted by atomic mass is 10.1. The maximum absolute atomic E-state index is 12.8. The quantitative estimate of drug-likeness (QED) is 0.761. The largest absolute Gasteiger partial charge is 0.459 e. The molecule has 7 nitrogen and oxygen atoms in total. The minimum Gasteiger partial charge on any atom is -0.459 e. The number of aliphatic hydroxyl groups is 1. The van der Waals surface area contributed by atoms with Gasteiger partial charge in [0.2, 0.25) is 5.91 Å². The molecule has 2 atom stereocenters. The van der Waals surface area contributed by atoms with Crippen molar-refractivity contribution in [3.8, 4) is 11.1 Å². The van der Waals surface area contributed by atoms with E-state index in [1.165, 1.54) is 25.5 Å². The van der Waals surface area contributed by atoms with Crippen LogP contribution in [0.15, 0.2) is 47.1 Å². The summed E-state index contributed by atoms with van der Waals surface area (Å²) in [5, 5.41) is 13.3. The summed E-state index contributed by atoms with van der Waals surface area (Å²) in [6.07, 6.45) is 4.81. The second kappa shape index (κ2) is 9.45. The van der Waals surface area contributed by atoms with E-state index in [0.29, 0.717) is 18.5 Å². The number of carbonyl (C=O) groups excluding carboxylic acids is 2. The van der Waals surface area contributed by atoms with Crippen LogP contribution in [0, 0.1) is 0 Å². The van der Waals surface area contributed by atoms with Crippen molar-refractivity contribution in [3.63, 3.8) is 0 Å². The average Bonchev–Trinajstić information content (AvgIpc) is 3.41. The molecular formula is C23H29N3O4. The monoisotopic (exact) mass is 411 g/mol. The van der Waals surface area contributed by atoms with E-state index in [4.69, 9.17) is 4.42 Å². The molecule has 2 saturated heterocycles. The Kier molecular flexibility index (Phi) is 6.50. The summed E-state index contributed by atoms with van der Waals surface area (Å²) >= 11 is 0. The molecule has 0 saturated carbocycles. The Morgan fingerprint density at radius 3 is 2.60 bits per heavy atom.